The predicted octanol–water partition coefficient (Wildman–Crippen LogP) is 6.67. The van der Waals surface area contributed by atoms with Crippen LogP contribution < -0.4 is 25.7 Å². The predicted molar refractivity (Wildman–Crippen MR) is 188 cm³/mol. The number of carbonyl (C=O) groups is 2. The molecule has 1 aliphatic carbocycles. The van der Waals surface area contributed by atoms with Gasteiger partial charge in [-0.1, -0.05) is 47.5 Å². The van der Waals surface area contributed by atoms with Crippen molar-refractivity contribution in [1.82, 2.24) is 9.88 Å². The summed E-state index contributed by atoms with van der Waals surface area (Å²) in [7, 11) is 1.46. The minimum atomic E-state index is -0.828. The average Bonchev–Trinajstić information content (AvgIpc) is 3.92. The number of carbonyl (C=O) groups excluding carboxylic acids is 2. The number of anilines is 3. The van der Waals surface area contributed by atoms with Crippen LogP contribution in [0, 0.1) is 5.82 Å². The molecule has 13 heteroatoms. The molecule has 4 aromatic rings. The van der Waals surface area contributed by atoms with Crippen molar-refractivity contribution < 1.29 is 28.2 Å². The third-order valence-corrected chi connectivity index (χ3v) is 9.24. The molecule has 1 unspecified atom stereocenters. The Morgan fingerprint density at radius 2 is 1.80 bits per heavy atom. The number of halogens is 3. The fourth-order valence-electron chi connectivity index (χ4n) is 6.10. The van der Waals surface area contributed by atoms with Gasteiger partial charge >= 0.3 is 11.9 Å². The lowest BCUT2D eigenvalue weighted by atomic mass is 10.1. The number of hydrogen-bond acceptors (Lipinski definition) is 9. The first-order valence-corrected chi connectivity index (χ1v) is 17.0. The van der Waals surface area contributed by atoms with Crippen molar-refractivity contribution in [2.45, 2.75) is 44.7 Å². The molecule has 2 heterocycles. The number of ether oxygens (including phenoxy) is 3. The highest BCUT2D eigenvalue weighted by atomic mass is 35.5. The maximum absolute atomic E-state index is 15.7. The number of piperazine rings is 1. The number of aromatic nitrogens is 1. The number of para-hydroxylation sites is 2. The normalized spacial score (nSPS) is 16.0. The van der Waals surface area contributed by atoms with Crippen molar-refractivity contribution >= 4 is 63.1 Å². The van der Waals surface area contributed by atoms with Gasteiger partial charge in [0, 0.05) is 50.0 Å². The van der Waals surface area contributed by atoms with E-state index >= 15 is 4.39 Å². The number of nitrogens with zero attached hydrogens (tertiary/aromatic N) is 2. The number of methoxy groups -OCH3 is 1. The number of rotatable bonds is 12. The van der Waals surface area contributed by atoms with Crippen molar-refractivity contribution in [3.05, 3.63) is 91.9 Å². The smallest absolute Gasteiger partial charge is 0.343 e. The first kappa shape index (κ1) is 34.5. The van der Waals surface area contributed by atoms with Crippen LogP contribution in [0.4, 0.5) is 21.5 Å². The third-order valence-electron chi connectivity index (χ3n) is 8.61. The highest BCUT2D eigenvalue weighted by Crippen LogP contribution is 2.44. The lowest BCUT2D eigenvalue weighted by Crippen LogP contribution is -2.49. The van der Waals surface area contributed by atoms with Gasteiger partial charge in [-0.3, -0.25) is 9.59 Å². The first-order chi connectivity index (χ1) is 23.7. The summed E-state index contributed by atoms with van der Waals surface area (Å²) < 4.78 is 34.1. The highest BCUT2D eigenvalue weighted by Gasteiger charge is 2.32. The van der Waals surface area contributed by atoms with Crippen molar-refractivity contribution in [2.24, 2.45) is 0 Å². The lowest BCUT2D eigenvalue weighted by molar-refractivity contribution is -0.143. The van der Waals surface area contributed by atoms with Gasteiger partial charge in [0.1, 0.15) is 11.3 Å². The number of hydrogen-bond donors (Lipinski definition) is 2. The zero-order chi connectivity index (χ0) is 34.7. The summed E-state index contributed by atoms with van der Waals surface area (Å²) in [6, 6.07) is 13.8. The molecule has 6 rings (SSSR count). The Kier molecular flexibility index (Phi) is 10.6. The summed E-state index contributed by atoms with van der Waals surface area (Å²) in [5, 5.41) is 7.48. The van der Waals surface area contributed by atoms with Crippen molar-refractivity contribution in [1.29, 1.82) is 0 Å². The summed E-state index contributed by atoms with van der Waals surface area (Å²) in [6.07, 6.45) is 3.40. The Labute approximate surface area is 293 Å². The molecule has 2 aliphatic rings. The van der Waals surface area contributed by atoms with E-state index in [1.54, 1.807) is 24.3 Å². The molecule has 1 aromatic heterocycles. The summed E-state index contributed by atoms with van der Waals surface area (Å²) in [5.74, 6) is -1.61. The third kappa shape index (κ3) is 7.64. The molecule has 10 nitrogen and oxygen atoms in total. The van der Waals surface area contributed by atoms with Crippen LogP contribution in [0.3, 0.4) is 0 Å². The molecule has 258 valence electrons. The van der Waals surface area contributed by atoms with E-state index in [-0.39, 0.29) is 54.8 Å². The minimum absolute atomic E-state index is 0.00208. The molecule has 2 fully saturated rings. The number of pyridine rings is 1. The van der Waals surface area contributed by atoms with E-state index in [4.69, 9.17) is 37.4 Å². The maximum Gasteiger partial charge on any atom is 0.343 e. The minimum Gasteiger partial charge on any atom is -0.492 e. The van der Waals surface area contributed by atoms with Gasteiger partial charge in [-0.2, -0.15) is 0 Å². The molecule has 0 bridgehead atoms. The Hall–Kier alpha value is -4.32. The van der Waals surface area contributed by atoms with Gasteiger partial charge in [-0.05, 0) is 49.6 Å². The molecule has 0 amide bonds. The van der Waals surface area contributed by atoms with E-state index in [2.05, 4.69) is 10.6 Å². The summed E-state index contributed by atoms with van der Waals surface area (Å²) in [5.41, 5.74) is 1.82. The molecular formula is C36H37Cl2FN4O6. The topological polar surface area (TPSA) is 111 Å². The Morgan fingerprint density at radius 1 is 1.06 bits per heavy atom. The number of fused-ring (bicyclic) bond motifs is 1. The molecule has 3 aromatic carbocycles. The van der Waals surface area contributed by atoms with Crippen molar-refractivity contribution in [2.75, 3.05) is 50.2 Å². The fourth-order valence-corrected chi connectivity index (χ4v) is 6.59. The number of nitrogens with one attached hydrogen (secondary N) is 2. The number of benzene rings is 3. The SMILES string of the molecule is COc1c(N2CCNC(C)C2)c(F)cc2c(=O)c(C(=O)OCCCOC(=O)Cc3ccccc3Nc3c(Cl)cccc3Cl)cn(C3CC3)c12. The molecule has 0 spiro atoms. The summed E-state index contributed by atoms with van der Waals surface area (Å²) in [4.78, 5) is 41.4. The monoisotopic (exact) mass is 710 g/mol. The van der Waals surface area contributed by atoms with Crippen molar-refractivity contribution in [3.8, 4) is 5.75 Å². The van der Waals surface area contributed by atoms with Crippen LogP contribution in [0.5, 0.6) is 5.75 Å². The van der Waals surface area contributed by atoms with Crippen LogP contribution in [-0.4, -0.2) is 62.5 Å². The average molecular weight is 712 g/mol. The fraction of sp³-hybridized carbons (Fsp3) is 0.361. The summed E-state index contributed by atoms with van der Waals surface area (Å²) in [6.45, 7) is 3.78. The van der Waals surface area contributed by atoms with Crippen LogP contribution in [0.25, 0.3) is 10.9 Å². The maximum atomic E-state index is 15.7. The molecule has 1 atom stereocenters. The molecule has 1 aliphatic heterocycles. The Balaban J connectivity index is 1.10. The Morgan fingerprint density at radius 3 is 2.51 bits per heavy atom. The van der Waals surface area contributed by atoms with E-state index in [0.717, 1.165) is 12.8 Å². The molecule has 0 radical (unpaired) electrons. The van der Waals surface area contributed by atoms with Gasteiger partial charge in [0.05, 0.1) is 53.4 Å². The zero-order valence-electron chi connectivity index (χ0n) is 27.2. The van der Waals surface area contributed by atoms with Crippen molar-refractivity contribution in [3.63, 3.8) is 0 Å². The van der Waals surface area contributed by atoms with Gasteiger partial charge in [0.25, 0.3) is 0 Å². The first-order valence-electron chi connectivity index (χ1n) is 16.2. The molecule has 2 N–H and O–H groups in total. The molecular weight excluding hydrogens is 674 g/mol. The number of esters is 2. The van der Waals surface area contributed by atoms with Gasteiger partial charge in [-0.15, -0.1) is 0 Å². The van der Waals surface area contributed by atoms with E-state index in [1.165, 1.54) is 19.4 Å². The van der Waals surface area contributed by atoms with Gasteiger partial charge in [0.15, 0.2) is 11.6 Å². The van der Waals surface area contributed by atoms with E-state index < -0.39 is 23.2 Å². The largest absolute Gasteiger partial charge is 0.492 e. The van der Waals surface area contributed by atoms with Crippen LogP contribution >= 0.6 is 23.2 Å². The van der Waals surface area contributed by atoms with E-state index in [1.807, 2.05) is 34.6 Å². The summed E-state index contributed by atoms with van der Waals surface area (Å²) >= 11 is 12.6. The molecule has 1 saturated carbocycles. The van der Waals surface area contributed by atoms with E-state index in [9.17, 15) is 14.4 Å². The second kappa shape index (κ2) is 15.1. The quantitative estimate of drug-likeness (QED) is 0.123. The highest BCUT2D eigenvalue weighted by molar-refractivity contribution is 6.39. The molecule has 1 saturated heterocycles. The van der Waals surface area contributed by atoms with Gasteiger partial charge in [-0.25, -0.2) is 9.18 Å². The lowest BCUT2D eigenvalue weighted by Gasteiger charge is -2.35. The van der Waals surface area contributed by atoms with Crippen LogP contribution in [0.1, 0.15) is 48.1 Å². The van der Waals surface area contributed by atoms with Gasteiger partial charge in [0.2, 0.25) is 5.43 Å². The second-order valence-corrected chi connectivity index (χ2v) is 13.0. The van der Waals surface area contributed by atoms with Gasteiger partial charge < -0.3 is 34.3 Å². The van der Waals surface area contributed by atoms with Crippen LogP contribution in [-0.2, 0) is 20.7 Å². The van der Waals surface area contributed by atoms with Crippen LogP contribution in [0.15, 0.2) is 59.5 Å². The second-order valence-electron chi connectivity index (χ2n) is 12.2. The standard InChI is InChI=1S/C36H37Cl2FN4O6/c1-21-19-42(14-13-40-21)33-28(39)18-24-32(35(33)47-2)43(23-11-12-23)20-25(34(24)45)36(46)49-16-6-15-48-30(44)17-22-7-3-4-10-29(22)41-31-26(37)8-5-9-27(31)38/h3-5,7-10,18,20-21,23,40-41H,6,11-17,19H2,1-2H3. The molecule has 49 heavy (non-hydrogen) atoms. The van der Waals surface area contributed by atoms with E-state index in [0.29, 0.717) is 57.8 Å². The van der Waals surface area contributed by atoms with Crippen LogP contribution in [0.2, 0.25) is 10.0 Å². The zero-order valence-corrected chi connectivity index (χ0v) is 28.7. The Bertz CT molecular complexity index is 1930.